The Kier molecular flexibility index (Phi) is 9.96. The van der Waals surface area contributed by atoms with Crippen LogP contribution >= 0.6 is 11.9 Å². The van der Waals surface area contributed by atoms with E-state index < -0.39 is 0 Å². The molecule has 5 rings (SSSR count). The molecule has 0 aliphatic carbocycles. The van der Waals surface area contributed by atoms with E-state index in [2.05, 4.69) is 57.1 Å². The van der Waals surface area contributed by atoms with Gasteiger partial charge >= 0.3 is 0 Å². The van der Waals surface area contributed by atoms with Gasteiger partial charge in [-0.15, -0.1) is 0 Å². The molecule has 0 bridgehead atoms. The number of ether oxygens (including phenoxy) is 2. The van der Waals surface area contributed by atoms with Gasteiger partial charge in [-0.3, -0.25) is 4.98 Å². The molecule has 0 fully saturated rings. The third-order valence-corrected chi connectivity index (χ3v) is 7.05. The molecule has 5 aromatic rings. The van der Waals surface area contributed by atoms with Crippen molar-refractivity contribution >= 4 is 23.3 Å². The van der Waals surface area contributed by atoms with Crippen LogP contribution in [-0.4, -0.2) is 17.8 Å². The van der Waals surface area contributed by atoms with E-state index in [1.54, 1.807) is 18.1 Å². The van der Waals surface area contributed by atoms with E-state index in [1.165, 1.54) is 0 Å². The van der Waals surface area contributed by atoms with Crippen LogP contribution in [0.3, 0.4) is 0 Å². The summed E-state index contributed by atoms with van der Waals surface area (Å²) in [4.78, 5) is 6.48. The van der Waals surface area contributed by atoms with Crippen molar-refractivity contribution in [3.05, 3.63) is 144 Å². The number of anilines is 2. The average Bonchev–Trinajstić information content (AvgIpc) is 3.03. The van der Waals surface area contributed by atoms with Gasteiger partial charge in [0.25, 0.3) is 0 Å². The molecule has 0 spiro atoms. The SMILES string of the molecule is CSNc1cccc(N(Cc2ccc(C#N)cc2)Cc2ccc(Oc3cccc(OCCc4cccnc4)c3)cc2)c1. The van der Waals surface area contributed by atoms with Crippen LogP contribution in [0, 0.1) is 11.3 Å². The summed E-state index contributed by atoms with van der Waals surface area (Å²) in [5.41, 5.74) is 6.26. The predicted octanol–water partition coefficient (Wildman–Crippen LogP) is 8.26. The Balaban J connectivity index is 1.24. The normalized spacial score (nSPS) is 10.5. The number of nitrogens with zero attached hydrogens (tertiary/aromatic N) is 3. The van der Waals surface area contributed by atoms with E-state index in [4.69, 9.17) is 9.47 Å². The van der Waals surface area contributed by atoms with E-state index >= 15 is 0 Å². The molecule has 1 aromatic heterocycles. The Labute approximate surface area is 251 Å². The van der Waals surface area contributed by atoms with Gasteiger partial charge in [-0.25, -0.2) is 0 Å². The molecule has 0 unspecified atom stereocenters. The number of nitrogens with one attached hydrogen (secondary N) is 1. The lowest BCUT2D eigenvalue weighted by molar-refractivity contribution is 0.320. The fourth-order valence-corrected chi connectivity index (χ4v) is 4.87. The van der Waals surface area contributed by atoms with Crippen LogP contribution in [0.15, 0.2) is 122 Å². The van der Waals surface area contributed by atoms with Gasteiger partial charge in [0.1, 0.15) is 17.2 Å². The van der Waals surface area contributed by atoms with Crippen LogP contribution in [0.1, 0.15) is 22.3 Å². The first kappa shape index (κ1) is 28.6. The molecule has 42 heavy (non-hydrogen) atoms. The first-order chi connectivity index (χ1) is 20.7. The molecule has 7 heteroatoms. The maximum Gasteiger partial charge on any atom is 0.131 e. The Bertz CT molecular complexity index is 1600. The number of hydrogen-bond donors (Lipinski definition) is 1. The van der Waals surface area contributed by atoms with Crippen LogP contribution in [0.4, 0.5) is 11.4 Å². The summed E-state index contributed by atoms with van der Waals surface area (Å²) < 4.78 is 15.4. The summed E-state index contributed by atoms with van der Waals surface area (Å²) in [5.74, 6) is 2.25. The van der Waals surface area contributed by atoms with E-state index in [0.29, 0.717) is 25.3 Å². The van der Waals surface area contributed by atoms with Crippen molar-refractivity contribution in [2.24, 2.45) is 0 Å². The van der Waals surface area contributed by atoms with Crippen molar-refractivity contribution in [1.29, 1.82) is 5.26 Å². The molecule has 0 radical (unpaired) electrons. The molecule has 210 valence electrons. The van der Waals surface area contributed by atoms with E-state index in [-0.39, 0.29) is 0 Å². The first-order valence-electron chi connectivity index (χ1n) is 13.7. The number of aromatic nitrogens is 1. The van der Waals surface area contributed by atoms with Gasteiger partial charge in [0.05, 0.1) is 18.2 Å². The standard InChI is InChI=1S/C35H32N4O2S/c1-42-38-31-6-2-7-32(21-31)39(25-29-12-10-27(23-36)11-13-29)26-30-14-16-33(17-15-30)41-35-9-3-8-34(22-35)40-20-18-28-5-4-19-37-24-28/h2-17,19,21-22,24,38H,18,20,25-26H2,1H3. The number of nitriles is 1. The Morgan fingerprint density at radius 3 is 2.24 bits per heavy atom. The van der Waals surface area contributed by atoms with Crippen molar-refractivity contribution in [2.75, 3.05) is 22.5 Å². The molecule has 0 amide bonds. The lowest BCUT2D eigenvalue weighted by Crippen LogP contribution is -2.22. The summed E-state index contributed by atoms with van der Waals surface area (Å²) in [6, 6.07) is 38.2. The summed E-state index contributed by atoms with van der Waals surface area (Å²) in [6.07, 6.45) is 6.44. The van der Waals surface area contributed by atoms with Crippen molar-refractivity contribution in [3.63, 3.8) is 0 Å². The van der Waals surface area contributed by atoms with Crippen LogP contribution < -0.4 is 19.1 Å². The molecule has 0 saturated heterocycles. The van der Waals surface area contributed by atoms with E-state index in [9.17, 15) is 5.26 Å². The van der Waals surface area contributed by atoms with Gasteiger partial charge in [-0.1, -0.05) is 54.4 Å². The smallest absolute Gasteiger partial charge is 0.131 e. The van der Waals surface area contributed by atoms with Crippen LogP contribution in [-0.2, 0) is 19.5 Å². The second-order valence-electron chi connectivity index (χ2n) is 9.70. The molecule has 0 atom stereocenters. The van der Waals surface area contributed by atoms with Crippen molar-refractivity contribution in [3.8, 4) is 23.3 Å². The minimum absolute atomic E-state index is 0.569. The zero-order valence-electron chi connectivity index (χ0n) is 23.4. The summed E-state index contributed by atoms with van der Waals surface area (Å²) >= 11 is 1.57. The van der Waals surface area contributed by atoms with Gasteiger partial charge in [0.2, 0.25) is 0 Å². The maximum atomic E-state index is 9.18. The quantitative estimate of drug-likeness (QED) is 0.142. The minimum atomic E-state index is 0.569. The lowest BCUT2D eigenvalue weighted by atomic mass is 10.1. The first-order valence-corrected chi connectivity index (χ1v) is 14.9. The zero-order valence-corrected chi connectivity index (χ0v) is 24.3. The van der Waals surface area contributed by atoms with Crippen LogP contribution in [0.5, 0.6) is 17.2 Å². The molecule has 6 nitrogen and oxygen atoms in total. The second kappa shape index (κ2) is 14.6. The third-order valence-electron chi connectivity index (χ3n) is 6.61. The Morgan fingerprint density at radius 2 is 1.52 bits per heavy atom. The zero-order chi connectivity index (χ0) is 29.0. The molecular weight excluding hydrogens is 540 g/mol. The van der Waals surface area contributed by atoms with E-state index in [1.807, 2.05) is 85.2 Å². The van der Waals surface area contributed by atoms with Gasteiger partial charge in [-0.05, 0) is 77.4 Å². The highest BCUT2D eigenvalue weighted by atomic mass is 32.2. The van der Waals surface area contributed by atoms with Gasteiger partial charge in [-0.2, -0.15) is 5.26 Å². The molecule has 0 aliphatic heterocycles. The average molecular weight is 573 g/mol. The summed E-state index contributed by atoms with van der Waals surface area (Å²) in [7, 11) is 0. The van der Waals surface area contributed by atoms with Gasteiger partial charge in [0.15, 0.2) is 0 Å². The monoisotopic (exact) mass is 572 g/mol. The van der Waals surface area contributed by atoms with Crippen molar-refractivity contribution < 1.29 is 9.47 Å². The summed E-state index contributed by atoms with van der Waals surface area (Å²) in [6.45, 7) is 1.99. The molecule has 4 aromatic carbocycles. The number of hydrogen-bond acceptors (Lipinski definition) is 7. The second-order valence-corrected chi connectivity index (χ2v) is 10.3. The molecule has 1 N–H and O–H groups in total. The van der Waals surface area contributed by atoms with Crippen molar-refractivity contribution in [2.45, 2.75) is 19.5 Å². The molecular formula is C35H32N4O2S. The van der Waals surface area contributed by atoms with Gasteiger partial charge in [0, 0.05) is 55.6 Å². The molecule has 1 heterocycles. The highest BCUT2D eigenvalue weighted by molar-refractivity contribution is 7.99. The van der Waals surface area contributed by atoms with Crippen molar-refractivity contribution in [1.82, 2.24) is 4.98 Å². The summed E-state index contributed by atoms with van der Waals surface area (Å²) in [5, 5.41) is 9.18. The third kappa shape index (κ3) is 8.29. The highest BCUT2D eigenvalue weighted by Gasteiger charge is 2.11. The number of benzene rings is 4. The lowest BCUT2D eigenvalue weighted by Gasteiger charge is -2.26. The molecule has 0 aliphatic rings. The number of pyridine rings is 1. The Hall–Kier alpha value is -4.93. The molecule has 0 saturated carbocycles. The van der Waals surface area contributed by atoms with E-state index in [0.717, 1.165) is 51.7 Å². The van der Waals surface area contributed by atoms with Gasteiger partial charge < -0.3 is 19.1 Å². The van der Waals surface area contributed by atoms with Crippen LogP contribution in [0.2, 0.25) is 0 Å². The fourth-order valence-electron chi connectivity index (χ4n) is 4.51. The fraction of sp³-hybridized carbons (Fsp3) is 0.143. The highest BCUT2D eigenvalue weighted by Crippen LogP contribution is 2.28. The van der Waals surface area contributed by atoms with Crippen LogP contribution in [0.25, 0.3) is 0 Å². The predicted molar refractivity (Wildman–Crippen MR) is 171 cm³/mol. The topological polar surface area (TPSA) is 70.4 Å². The Morgan fingerprint density at radius 1 is 0.786 bits per heavy atom. The minimum Gasteiger partial charge on any atom is -0.493 e. The maximum absolute atomic E-state index is 9.18. The number of rotatable bonds is 13. The largest absolute Gasteiger partial charge is 0.493 e.